The van der Waals surface area contributed by atoms with Gasteiger partial charge >= 0.3 is 5.69 Å². The lowest BCUT2D eigenvalue weighted by Gasteiger charge is -2.13. The highest BCUT2D eigenvalue weighted by molar-refractivity contribution is 5.98. The van der Waals surface area contributed by atoms with Crippen molar-refractivity contribution in [1.82, 2.24) is 24.1 Å². The molecule has 1 N–H and O–H groups in total. The van der Waals surface area contributed by atoms with Crippen LogP contribution in [0.25, 0.3) is 16.7 Å². The number of nitrogens with zero attached hydrogens (tertiary/aromatic N) is 4. The molecule has 0 spiro atoms. The van der Waals surface area contributed by atoms with E-state index < -0.39 is 5.69 Å². The van der Waals surface area contributed by atoms with E-state index in [9.17, 15) is 19.2 Å². The number of fused-ring (bicyclic) bond motifs is 3. The van der Waals surface area contributed by atoms with E-state index in [-0.39, 0.29) is 47.0 Å². The first-order chi connectivity index (χ1) is 17.0. The maximum atomic E-state index is 13.5. The molecule has 9 heteroatoms. The predicted molar refractivity (Wildman–Crippen MR) is 139 cm³/mol. The smallest absolute Gasteiger partial charge is 0.352 e. The molecule has 188 valence electrons. The number of hydrogen-bond acceptors (Lipinski definition) is 5. The molecule has 0 saturated carbocycles. The molecule has 0 saturated heterocycles. The summed E-state index contributed by atoms with van der Waals surface area (Å²) in [7, 11) is 0. The molecule has 2 aromatic carbocycles. The van der Waals surface area contributed by atoms with Gasteiger partial charge in [-0.15, -0.1) is 5.10 Å². The van der Waals surface area contributed by atoms with Crippen molar-refractivity contribution in [2.45, 2.75) is 54.1 Å². The number of ketones is 1. The van der Waals surface area contributed by atoms with E-state index in [1.54, 1.807) is 18.2 Å². The number of amides is 1. The van der Waals surface area contributed by atoms with Crippen molar-refractivity contribution >= 4 is 28.4 Å². The molecule has 4 aromatic rings. The maximum absolute atomic E-state index is 13.5. The summed E-state index contributed by atoms with van der Waals surface area (Å²) < 4.78 is 3.83. The number of Topliss-reactive ketones (excluding diaryl/α,β-unsaturated/α-hetero) is 1. The minimum atomic E-state index is -0.553. The van der Waals surface area contributed by atoms with E-state index in [2.05, 4.69) is 10.4 Å². The highest BCUT2D eigenvalue weighted by atomic mass is 16.2. The van der Waals surface area contributed by atoms with Gasteiger partial charge in [0.2, 0.25) is 5.78 Å². The highest BCUT2D eigenvalue weighted by Gasteiger charge is 2.22. The summed E-state index contributed by atoms with van der Waals surface area (Å²) in [4.78, 5) is 52.6. The summed E-state index contributed by atoms with van der Waals surface area (Å²) in [6, 6.07) is 9.89. The summed E-state index contributed by atoms with van der Waals surface area (Å²) >= 11 is 0. The summed E-state index contributed by atoms with van der Waals surface area (Å²) in [5.41, 5.74) is 2.10. The third-order valence-electron chi connectivity index (χ3n) is 6.15. The van der Waals surface area contributed by atoms with Crippen LogP contribution in [0.3, 0.4) is 0 Å². The Morgan fingerprint density at radius 3 is 2.36 bits per heavy atom. The van der Waals surface area contributed by atoms with Gasteiger partial charge in [0.25, 0.3) is 11.5 Å². The zero-order valence-corrected chi connectivity index (χ0v) is 21.5. The van der Waals surface area contributed by atoms with Gasteiger partial charge in [-0.3, -0.25) is 19.0 Å². The third kappa shape index (κ3) is 4.48. The molecule has 1 amide bonds. The second kappa shape index (κ2) is 9.56. The highest BCUT2D eigenvalue weighted by Crippen LogP contribution is 2.17. The SMILES string of the molecule is Cc1ccc(C(=O)Cn2nc3n(C(C)C)c(=O)c4ccc(C(=O)NCC(C)C)cc4n3c2=O)c(C)c1. The van der Waals surface area contributed by atoms with Crippen molar-refractivity contribution in [2.24, 2.45) is 5.92 Å². The Hall–Kier alpha value is -4.01. The van der Waals surface area contributed by atoms with E-state index in [1.165, 1.54) is 15.0 Å². The van der Waals surface area contributed by atoms with Crippen LogP contribution in [0.4, 0.5) is 0 Å². The topological polar surface area (TPSA) is 107 Å². The number of aromatic nitrogens is 4. The number of rotatable bonds is 7. The molecule has 4 rings (SSSR count). The van der Waals surface area contributed by atoms with E-state index in [0.29, 0.717) is 23.1 Å². The third-order valence-corrected chi connectivity index (χ3v) is 6.15. The Kier molecular flexibility index (Phi) is 6.67. The van der Waals surface area contributed by atoms with Crippen molar-refractivity contribution in [3.05, 3.63) is 79.5 Å². The zero-order valence-electron chi connectivity index (χ0n) is 21.5. The van der Waals surface area contributed by atoms with Gasteiger partial charge in [0, 0.05) is 23.7 Å². The van der Waals surface area contributed by atoms with Gasteiger partial charge < -0.3 is 5.32 Å². The Morgan fingerprint density at radius 2 is 1.72 bits per heavy atom. The molecule has 2 aromatic heterocycles. The molecule has 36 heavy (non-hydrogen) atoms. The Bertz CT molecular complexity index is 1620. The minimum Gasteiger partial charge on any atom is -0.352 e. The van der Waals surface area contributed by atoms with Gasteiger partial charge in [0.15, 0.2) is 5.78 Å². The van der Waals surface area contributed by atoms with Gasteiger partial charge in [-0.2, -0.15) is 0 Å². The molecule has 0 aliphatic carbocycles. The van der Waals surface area contributed by atoms with Crippen molar-refractivity contribution in [2.75, 3.05) is 6.54 Å². The molecular formula is C27H31N5O4. The zero-order chi connectivity index (χ0) is 26.3. The average molecular weight is 490 g/mol. The van der Waals surface area contributed by atoms with E-state index in [4.69, 9.17) is 0 Å². The van der Waals surface area contributed by atoms with Gasteiger partial charge in [-0.05, 0) is 57.4 Å². The summed E-state index contributed by atoms with van der Waals surface area (Å²) in [5.74, 6) is -0.151. The maximum Gasteiger partial charge on any atom is 0.352 e. The van der Waals surface area contributed by atoms with E-state index >= 15 is 0 Å². The van der Waals surface area contributed by atoms with E-state index in [1.807, 2.05) is 53.7 Å². The summed E-state index contributed by atoms with van der Waals surface area (Å²) in [6.07, 6.45) is 0. The number of carbonyl (C=O) groups excluding carboxylic acids is 2. The van der Waals surface area contributed by atoms with Crippen LogP contribution >= 0.6 is 0 Å². The normalized spacial score (nSPS) is 11.7. The van der Waals surface area contributed by atoms with Crippen LogP contribution in [0.2, 0.25) is 0 Å². The van der Waals surface area contributed by atoms with Crippen molar-refractivity contribution in [1.29, 1.82) is 0 Å². The van der Waals surface area contributed by atoms with Crippen molar-refractivity contribution in [3.63, 3.8) is 0 Å². The summed E-state index contributed by atoms with van der Waals surface area (Å²) in [5, 5.41) is 7.54. The first kappa shape index (κ1) is 25.1. The van der Waals surface area contributed by atoms with Gasteiger partial charge in [-0.25, -0.2) is 13.9 Å². The second-order valence-electron chi connectivity index (χ2n) is 9.92. The van der Waals surface area contributed by atoms with Crippen LogP contribution in [0.15, 0.2) is 46.0 Å². The number of nitrogens with one attached hydrogen (secondary N) is 1. The van der Waals surface area contributed by atoms with Gasteiger partial charge in [0.05, 0.1) is 10.9 Å². The molecular weight excluding hydrogens is 458 g/mol. The van der Waals surface area contributed by atoms with Crippen LogP contribution in [0.1, 0.15) is 65.6 Å². The fourth-order valence-electron chi connectivity index (χ4n) is 4.34. The quantitative estimate of drug-likeness (QED) is 0.401. The Balaban J connectivity index is 1.90. The van der Waals surface area contributed by atoms with Crippen LogP contribution < -0.4 is 16.6 Å². The van der Waals surface area contributed by atoms with Crippen molar-refractivity contribution < 1.29 is 9.59 Å². The molecule has 0 aliphatic rings. The molecule has 0 radical (unpaired) electrons. The van der Waals surface area contributed by atoms with Crippen molar-refractivity contribution in [3.8, 4) is 0 Å². The standard InChI is InChI=1S/C27H31N5O4/c1-15(2)13-28-24(34)19-8-10-21-22(12-19)32-26(31(16(3)4)25(21)35)29-30(27(32)36)14-23(33)20-9-7-17(5)11-18(20)6/h7-12,15-16H,13-14H2,1-6H3,(H,28,34). The molecule has 9 nitrogen and oxygen atoms in total. The number of hydrogen-bond donors (Lipinski definition) is 1. The molecule has 0 aliphatic heterocycles. The summed E-state index contributed by atoms with van der Waals surface area (Å²) in [6.45, 7) is 11.7. The van der Waals surface area contributed by atoms with Gasteiger partial charge in [-0.1, -0.05) is 37.6 Å². The monoisotopic (exact) mass is 489 g/mol. The lowest BCUT2D eigenvalue weighted by molar-refractivity contribution is 0.0946. The van der Waals surface area contributed by atoms with Crippen LogP contribution in [-0.2, 0) is 6.54 Å². The van der Waals surface area contributed by atoms with E-state index in [0.717, 1.165) is 15.8 Å². The minimum absolute atomic E-state index is 0.126. The van der Waals surface area contributed by atoms with Crippen LogP contribution in [-0.4, -0.2) is 37.0 Å². The fourth-order valence-corrected chi connectivity index (χ4v) is 4.34. The van der Waals surface area contributed by atoms with Gasteiger partial charge in [0.1, 0.15) is 6.54 Å². The Labute approximate surface area is 208 Å². The molecule has 0 fully saturated rings. The van der Waals surface area contributed by atoms with Crippen LogP contribution in [0, 0.1) is 19.8 Å². The Morgan fingerprint density at radius 1 is 1.00 bits per heavy atom. The first-order valence-electron chi connectivity index (χ1n) is 12.1. The number of carbonyl (C=O) groups is 2. The average Bonchev–Trinajstić information content (AvgIpc) is 3.12. The first-order valence-corrected chi connectivity index (χ1v) is 12.1. The second-order valence-corrected chi connectivity index (χ2v) is 9.92. The molecule has 0 unspecified atom stereocenters. The fraction of sp³-hybridized carbons (Fsp3) is 0.370. The molecule has 2 heterocycles. The predicted octanol–water partition coefficient (Wildman–Crippen LogP) is 3.28. The molecule has 0 bridgehead atoms. The number of benzene rings is 2. The lowest BCUT2D eigenvalue weighted by atomic mass is 10.0. The molecule has 0 atom stereocenters. The number of aryl methyl sites for hydroxylation is 2. The van der Waals surface area contributed by atoms with Crippen LogP contribution in [0.5, 0.6) is 0 Å². The largest absolute Gasteiger partial charge is 0.352 e. The lowest BCUT2D eigenvalue weighted by Crippen LogP contribution is -2.29.